The maximum atomic E-state index is 9.67. The predicted molar refractivity (Wildman–Crippen MR) is 81.6 cm³/mol. The van der Waals surface area contributed by atoms with Gasteiger partial charge in [0.15, 0.2) is 0 Å². The van der Waals surface area contributed by atoms with E-state index in [1.807, 2.05) is 0 Å². The summed E-state index contributed by atoms with van der Waals surface area (Å²) in [6, 6.07) is 0.443. The number of hydrogen-bond acceptors (Lipinski definition) is 4. The second kappa shape index (κ2) is 10.6. The SMILES string of the molecule is CCCNC(CC)(CO)CCCN(C)C(C)COC. The molecule has 0 radical (unpaired) electrons. The van der Waals surface area contributed by atoms with Crippen molar-refractivity contribution >= 4 is 0 Å². The van der Waals surface area contributed by atoms with Crippen LogP contribution in [0, 0.1) is 0 Å². The second-order valence-electron chi connectivity index (χ2n) is 5.61. The van der Waals surface area contributed by atoms with E-state index in [-0.39, 0.29) is 12.1 Å². The summed E-state index contributed by atoms with van der Waals surface area (Å²) in [5.74, 6) is 0. The normalized spacial score (nSPS) is 16.6. The number of aliphatic hydroxyl groups is 1. The number of hydrogen-bond donors (Lipinski definition) is 2. The highest BCUT2D eigenvalue weighted by atomic mass is 16.5. The van der Waals surface area contributed by atoms with E-state index >= 15 is 0 Å². The van der Waals surface area contributed by atoms with E-state index < -0.39 is 0 Å². The van der Waals surface area contributed by atoms with Gasteiger partial charge in [0.1, 0.15) is 0 Å². The van der Waals surface area contributed by atoms with Gasteiger partial charge in [0.05, 0.1) is 13.2 Å². The molecule has 4 heteroatoms. The molecule has 4 nitrogen and oxygen atoms in total. The van der Waals surface area contributed by atoms with E-state index in [0.717, 1.165) is 45.4 Å². The minimum atomic E-state index is -0.0959. The van der Waals surface area contributed by atoms with E-state index in [1.165, 1.54) is 0 Å². The third-order valence-electron chi connectivity index (χ3n) is 4.06. The minimum Gasteiger partial charge on any atom is -0.394 e. The van der Waals surface area contributed by atoms with Crippen LogP contribution in [0.3, 0.4) is 0 Å². The van der Waals surface area contributed by atoms with E-state index in [4.69, 9.17) is 4.74 Å². The molecule has 0 aliphatic heterocycles. The van der Waals surface area contributed by atoms with Crippen LogP contribution >= 0.6 is 0 Å². The molecule has 0 aliphatic carbocycles. The van der Waals surface area contributed by atoms with E-state index in [1.54, 1.807) is 7.11 Å². The Morgan fingerprint density at radius 1 is 1.37 bits per heavy atom. The summed E-state index contributed by atoms with van der Waals surface area (Å²) in [6.07, 6.45) is 4.19. The first-order chi connectivity index (χ1) is 9.05. The molecule has 0 aromatic carbocycles. The molecule has 2 atom stereocenters. The van der Waals surface area contributed by atoms with Gasteiger partial charge in [-0.2, -0.15) is 0 Å². The Labute approximate surface area is 119 Å². The molecule has 0 aliphatic rings. The van der Waals surface area contributed by atoms with Crippen LogP contribution in [0.1, 0.15) is 46.5 Å². The molecule has 0 amide bonds. The fourth-order valence-corrected chi connectivity index (χ4v) is 2.28. The second-order valence-corrected chi connectivity index (χ2v) is 5.61. The van der Waals surface area contributed by atoms with Crippen molar-refractivity contribution < 1.29 is 9.84 Å². The molecular formula is C15H34N2O2. The molecule has 0 aromatic rings. The van der Waals surface area contributed by atoms with Crippen molar-refractivity contribution in [3.63, 3.8) is 0 Å². The van der Waals surface area contributed by atoms with Crippen molar-refractivity contribution in [1.29, 1.82) is 0 Å². The predicted octanol–water partition coefficient (Wildman–Crippen LogP) is 1.87. The summed E-state index contributed by atoms with van der Waals surface area (Å²) in [6.45, 7) is 9.49. The summed E-state index contributed by atoms with van der Waals surface area (Å²) in [5, 5.41) is 13.2. The van der Waals surface area contributed by atoms with Crippen LogP contribution < -0.4 is 5.32 Å². The van der Waals surface area contributed by atoms with Crippen LogP contribution in [0.5, 0.6) is 0 Å². The van der Waals surface area contributed by atoms with Gasteiger partial charge in [0.25, 0.3) is 0 Å². The molecule has 0 fully saturated rings. The van der Waals surface area contributed by atoms with Gasteiger partial charge in [-0.25, -0.2) is 0 Å². The zero-order valence-corrected chi connectivity index (χ0v) is 13.5. The van der Waals surface area contributed by atoms with Gasteiger partial charge in [-0.05, 0) is 52.7 Å². The molecule has 0 spiro atoms. The van der Waals surface area contributed by atoms with Gasteiger partial charge >= 0.3 is 0 Å². The fraction of sp³-hybridized carbons (Fsp3) is 1.00. The van der Waals surface area contributed by atoms with Gasteiger partial charge in [-0.3, -0.25) is 0 Å². The lowest BCUT2D eigenvalue weighted by molar-refractivity contribution is 0.106. The summed E-state index contributed by atoms with van der Waals surface area (Å²) in [4.78, 5) is 2.32. The molecule has 2 N–H and O–H groups in total. The van der Waals surface area contributed by atoms with E-state index in [2.05, 4.69) is 38.0 Å². The molecule has 0 heterocycles. The third kappa shape index (κ3) is 7.25. The molecule has 0 saturated carbocycles. The zero-order chi connectivity index (χ0) is 14.7. The van der Waals surface area contributed by atoms with Crippen LogP contribution in [0.25, 0.3) is 0 Å². The smallest absolute Gasteiger partial charge is 0.0615 e. The summed E-state index contributed by atoms with van der Waals surface area (Å²) >= 11 is 0. The lowest BCUT2D eigenvalue weighted by Gasteiger charge is -2.33. The van der Waals surface area contributed by atoms with Gasteiger partial charge in [0, 0.05) is 18.7 Å². The maximum Gasteiger partial charge on any atom is 0.0615 e. The molecule has 0 saturated heterocycles. The first-order valence-corrected chi connectivity index (χ1v) is 7.60. The monoisotopic (exact) mass is 274 g/mol. The average Bonchev–Trinajstić information content (AvgIpc) is 2.43. The van der Waals surface area contributed by atoms with Crippen LogP contribution in [0.2, 0.25) is 0 Å². The van der Waals surface area contributed by atoms with Gasteiger partial charge < -0.3 is 20.1 Å². The first-order valence-electron chi connectivity index (χ1n) is 7.60. The van der Waals surface area contributed by atoms with Crippen LogP contribution in [-0.2, 0) is 4.74 Å². The fourth-order valence-electron chi connectivity index (χ4n) is 2.28. The van der Waals surface area contributed by atoms with Crippen LogP contribution in [0.4, 0.5) is 0 Å². The average molecular weight is 274 g/mol. The Hall–Kier alpha value is -0.160. The number of aliphatic hydroxyl groups excluding tert-OH is 1. The Bertz CT molecular complexity index is 208. The molecule has 2 unspecified atom stereocenters. The number of ether oxygens (including phenoxy) is 1. The molecular weight excluding hydrogens is 240 g/mol. The van der Waals surface area contributed by atoms with Gasteiger partial charge in [-0.15, -0.1) is 0 Å². The van der Waals surface area contributed by atoms with Crippen LogP contribution in [-0.4, -0.2) is 62.0 Å². The highest BCUT2D eigenvalue weighted by Crippen LogP contribution is 2.17. The summed E-state index contributed by atoms with van der Waals surface area (Å²) < 4.78 is 5.17. The van der Waals surface area contributed by atoms with Crippen LogP contribution in [0.15, 0.2) is 0 Å². The molecule has 116 valence electrons. The number of nitrogens with one attached hydrogen (secondary N) is 1. The summed E-state index contributed by atoms with van der Waals surface area (Å²) in [7, 11) is 3.88. The number of methoxy groups -OCH3 is 1. The highest BCUT2D eigenvalue weighted by Gasteiger charge is 2.25. The lowest BCUT2D eigenvalue weighted by Crippen LogP contribution is -2.49. The number of nitrogens with zero attached hydrogens (tertiary/aromatic N) is 1. The lowest BCUT2D eigenvalue weighted by atomic mass is 9.91. The topological polar surface area (TPSA) is 44.7 Å². The van der Waals surface area contributed by atoms with Crippen molar-refractivity contribution in [3.8, 4) is 0 Å². The maximum absolute atomic E-state index is 9.67. The Kier molecular flexibility index (Phi) is 10.5. The summed E-state index contributed by atoms with van der Waals surface area (Å²) in [5.41, 5.74) is -0.0959. The van der Waals surface area contributed by atoms with Crippen molar-refractivity contribution in [2.24, 2.45) is 0 Å². The van der Waals surface area contributed by atoms with Crippen molar-refractivity contribution in [2.45, 2.75) is 58.0 Å². The van der Waals surface area contributed by atoms with Gasteiger partial charge in [0.2, 0.25) is 0 Å². The Morgan fingerprint density at radius 2 is 2.05 bits per heavy atom. The molecule has 19 heavy (non-hydrogen) atoms. The number of rotatable bonds is 12. The highest BCUT2D eigenvalue weighted by molar-refractivity contribution is 4.86. The largest absolute Gasteiger partial charge is 0.394 e. The standard InChI is InChI=1S/C15H34N2O2/c1-6-10-16-15(7-2,13-18)9-8-11-17(4)14(3)12-19-5/h14,16,18H,6-13H2,1-5H3. The quantitative estimate of drug-likeness (QED) is 0.570. The van der Waals surface area contributed by atoms with E-state index in [9.17, 15) is 5.11 Å². The Morgan fingerprint density at radius 3 is 2.53 bits per heavy atom. The number of likely N-dealkylation sites (N-methyl/N-ethyl adjacent to an activating group) is 1. The zero-order valence-electron chi connectivity index (χ0n) is 13.5. The van der Waals surface area contributed by atoms with Crippen molar-refractivity contribution in [1.82, 2.24) is 10.2 Å². The third-order valence-corrected chi connectivity index (χ3v) is 4.06. The first kappa shape index (κ1) is 18.8. The van der Waals surface area contributed by atoms with E-state index in [0.29, 0.717) is 6.04 Å². The van der Waals surface area contributed by atoms with Gasteiger partial charge in [-0.1, -0.05) is 13.8 Å². The molecule has 0 bridgehead atoms. The van der Waals surface area contributed by atoms with Crippen molar-refractivity contribution in [2.75, 3.05) is 40.5 Å². The molecule has 0 rings (SSSR count). The Balaban J connectivity index is 4.11. The van der Waals surface area contributed by atoms with Crippen molar-refractivity contribution in [3.05, 3.63) is 0 Å². The minimum absolute atomic E-state index is 0.0959. The molecule has 0 aromatic heterocycles.